The largest absolute Gasteiger partial charge is 0.493 e. The number of guanidine groups is 1. The van der Waals surface area contributed by atoms with Crippen molar-refractivity contribution in [2.24, 2.45) is 4.99 Å². The van der Waals surface area contributed by atoms with Crippen molar-refractivity contribution >= 4 is 11.6 Å². The highest BCUT2D eigenvalue weighted by Crippen LogP contribution is 2.29. The third kappa shape index (κ3) is 5.26. The molecule has 1 aromatic rings. The molecule has 2 N–H and O–H groups in total. The van der Waals surface area contributed by atoms with Crippen LogP contribution >= 0.6 is 0 Å². The van der Waals surface area contributed by atoms with Gasteiger partial charge in [-0.05, 0) is 45.4 Å². The standard InChI is InChI=1S/C19H32N4O2/c1-14-8-6-7-11-23(14)15(2)13-21-19(20-3)22-16-9-10-17(24-4)18(12-16)25-5/h9-10,12,14-15H,6-8,11,13H2,1-5H3,(H2,20,21,22). The molecule has 1 saturated heterocycles. The summed E-state index contributed by atoms with van der Waals surface area (Å²) in [5.41, 5.74) is 0.907. The fourth-order valence-corrected chi connectivity index (χ4v) is 3.37. The first kappa shape index (κ1) is 19.4. The van der Waals surface area contributed by atoms with Crippen molar-refractivity contribution in [1.29, 1.82) is 0 Å². The highest BCUT2D eigenvalue weighted by Gasteiger charge is 2.23. The molecular weight excluding hydrogens is 316 g/mol. The molecule has 0 aliphatic carbocycles. The summed E-state index contributed by atoms with van der Waals surface area (Å²) in [5, 5.41) is 6.74. The average molecular weight is 348 g/mol. The van der Waals surface area contributed by atoms with Gasteiger partial charge in [-0.15, -0.1) is 0 Å². The van der Waals surface area contributed by atoms with Crippen LogP contribution in [-0.2, 0) is 0 Å². The van der Waals surface area contributed by atoms with Crippen LogP contribution < -0.4 is 20.1 Å². The second kappa shape index (κ2) is 9.51. The Bertz CT molecular complexity index is 577. The molecule has 1 aliphatic heterocycles. The number of hydrogen-bond acceptors (Lipinski definition) is 4. The van der Waals surface area contributed by atoms with Crippen molar-refractivity contribution in [3.8, 4) is 11.5 Å². The summed E-state index contributed by atoms with van der Waals surface area (Å²) in [4.78, 5) is 6.90. The molecule has 0 aromatic heterocycles. The minimum atomic E-state index is 0.472. The van der Waals surface area contributed by atoms with Gasteiger partial charge in [-0.2, -0.15) is 0 Å². The molecule has 1 aliphatic rings. The molecule has 0 radical (unpaired) electrons. The van der Waals surface area contributed by atoms with Gasteiger partial charge in [-0.3, -0.25) is 9.89 Å². The van der Waals surface area contributed by atoms with Crippen LogP contribution in [0.5, 0.6) is 11.5 Å². The molecule has 1 aromatic carbocycles. The third-order valence-corrected chi connectivity index (χ3v) is 4.86. The number of nitrogens with zero attached hydrogens (tertiary/aromatic N) is 2. The van der Waals surface area contributed by atoms with Crippen molar-refractivity contribution < 1.29 is 9.47 Å². The zero-order valence-electron chi connectivity index (χ0n) is 16.1. The van der Waals surface area contributed by atoms with E-state index in [2.05, 4.69) is 34.4 Å². The molecule has 25 heavy (non-hydrogen) atoms. The quantitative estimate of drug-likeness (QED) is 0.611. The number of methoxy groups -OCH3 is 2. The van der Waals surface area contributed by atoms with Gasteiger partial charge in [0.2, 0.25) is 0 Å². The second-order valence-electron chi connectivity index (χ2n) is 6.58. The van der Waals surface area contributed by atoms with Crippen LogP contribution in [0.25, 0.3) is 0 Å². The number of rotatable bonds is 6. The van der Waals surface area contributed by atoms with Gasteiger partial charge < -0.3 is 20.1 Å². The number of likely N-dealkylation sites (tertiary alicyclic amines) is 1. The fraction of sp³-hybridized carbons (Fsp3) is 0.632. The molecular formula is C19H32N4O2. The number of hydrogen-bond donors (Lipinski definition) is 2. The third-order valence-electron chi connectivity index (χ3n) is 4.86. The average Bonchev–Trinajstić information content (AvgIpc) is 2.64. The molecule has 0 saturated carbocycles. The van der Waals surface area contributed by atoms with E-state index in [1.807, 2.05) is 18.2 Å². The summed E-state index contributed by atoms with van der Waals surface area (Å²) >= 11 is 0. The van der Waals surface area contributed by atoms with Gasteiger partial charge in [0, 0.05) is 37.4 Å². The minimum absolute atomic E-state index is 0.472. The number of nitrogens with one attached hydrogen (secondary N) is 2. The molecule has 6 heteroatoms. The molecule has 140 valence electrons. The fourth-order valence-electron chi connectivity index (χ4n) is 3.37. The lowest BCUT2D eigenvalue weighted by Gasteiger charge is -2.38. The van der Waals surface area contributed by atoms with Crippen LogP contribution in [0.2, 0.25) is 0 Å². The van der Waals surface area contributed by atoms with Crippen LogP contribution in [0.15, 0.2) is 23.2 Å². The lowest BCUT2D eigenvalue weighted by atomic mass is 10.0. The monoisotopic (exact) mass is 348 g/mol. The zero-order valence-corrected chi connectivity index (χ0v) is 16.1. The van der Waals surface area contributed by atoms with E-state index in [0.717, 1.165) is 18.2 Å². The molecule has 2 rings (SSSR count). The second-order valence-corrected chi connectivity index (χ2v) is 6.58. The zero-order chi connectivity index (χ0) is 18.2. The van der Waals surface area contributed by atoms with E-state index >= 15 is 0 Å². The van der Waals surface area contributed by atoms with Gasteiger partial charge in [0.1, 0.15) is 0 Å². The molecule has 6 nitrogen and oxygen atoms in total. The number of ether oxygens (including phenoxy) is 2. The highest BCUT2D eigenvalue weighted by atomic mass is 16.5. The van der Waals surface area contributed by atoms with E-state index in [9.17, 15) is 0 Å². The maximum absolute atomic E-state index is 5.35. The molecule has 2 unspecified atom stereocenters. The highest BCUT2D eigenvalue weighted by molar-refractivity contribution is 5.93. The van der Waals surface area contributed by atoms with Crippen molar-refractivity contribution in [3.05, 3.63) is 18.2 Å². The van der Waals surface area contributed by atoms with Gasteiger partial charge in [-0.25, -0.2) is 0 Å². The Hall–Kier alpha value is -1.95. The maximum Gasteiger partial charge on any atom is 0.195 e. The SMILES string of the molecule is CN=C(NCC(C)N1CCCCC1C)Nc1ccc(OC)c(OC)c1. The van der Waals surface area contributed by atoms with Crippen molar-refractivity contribution in [1.82, 2.24) is 10.2 Å². The summed E-state index contributed by atoms with van der Waals surface area (Å²) in [5.74, 6) is 2.16. The lowest BCUT2D eigenvalue weighted by Crippen LogP contribution is -2.49. The number of benzene rings is 1. The normalized spacial score (nSPS) is 20.0. The Balaban J connectivity index is 1.92. The van der Waals surface area contributed by atoms with Gasteiger partial charge in [0.05, 0.1) is 14.2 Å². The minimum Gasteiger partial charge on any atom is -0.493 e. The van der Waals surface area contributed by atoms with Crippen LogP contribution in [0.1, 0.15) is 33.1 Å². The van der Waals surface area contributed by atoms with Crippen LogP contribution in [0.3, 0.4) is 0 Å². The molecule has 2 atom stereocenters. The summed E-state index contributed by atoms with van der Waals surface area (Å²) in [6, 6.07) is 6.86. The first-order valence-corrected chi connectivity index (χ1v) is 9.04. The Labute approximate surface area is 151 Å². The van der Waals surface area contributed by atoms with E-state index in [4.69, 9.17) is 9.47 Å². The Morgan fingerprint density at radius 3 is 2.68 bits per heavy atom. The van der Waals surface area contributed by atoms with E-state index in [-0.39, 0.29) is 0 Å². The first-order valence-electron chi connectivity index (χ1n) is 9.04. The topological polar surface area (TPSA) is 58.1 Å². The smallest absolute Gasteiger partial charge is 0.195 e. The molecule has 0 spiro atoms. The summed E-state index contributed by atoms with van der Waals surface area (Å²) in [7, 11) is 5.05. The number of piperidine rings is 1. The Morgan fingerprint density at radius 1 is 1.28 bits per heavy atom. The summed E-state index contributed by atoms with van der Waals surface area (Å²) in [6.45, 7) is 6.65. The van der Waals surface area contributed by atoms with Crippen LogP contribution in [0, 0.1) is 0 Å². The summed E-state index contributed by atoms with van der Waals surface area (Å²) < 4.78 is 10.6. The summed E-state index contributed by atoms with van der Waals surface area (Å²) in [6.07, 6.45) is 3.94. The van der Waals surface area contributed by atoms with Gasteiger partial charge in [-0.1, -0.05) is 6.42 Å². The molecule has 1 heterocycles. The van der Waals surface area contributed by atoms with E-state index in [0.29, 0.717) is 23.6 Å². The van der Waals surface area contributed by atoms with E-state index in [1.54, 1.807) is 21.3 Å². The Kier molecular flexibility index (Phi) is 7.37. The maximum atomic E-state index is 5.35. The molecule has 0 bridgehead atoms. The van der Waals surface area contributed by atoms with Gasteiger partial charge in [0.25, 0.3) is 0 Å². The van der Waals surface area contributed by atoms with Crippen molar-refractivity contribution in [2.45, 2.75) is 45.2 Å². The van der Waals surface area contributed by atoms with E-state index in [1.165, 1.54) is 25.8 Å². The number of aliphatic imine (C=N–C) groups is 1. The Morgan fingerprint density at radius 2 is 2.04 bits per heavy atom. The first-order chi connectivity index (χ1) is 12.1. The molecule has 0 amide bonds. The lowest BCUT2D eigenvalue weighted by molar-refractivity contribution is 0.116. The van der Waals surface area contributed by atoms with Gasteiger partial charge in [0.15, 0.2) is 17.5 Å². The van der Waals surface area contributed by atoms with Crippen molar-refractivity contribution in [3.63, 3.8) is 0 Å². The van der Waals surface area contributed by atoms with E-state index < -0.39 is 0 Å². The van der Waals surface area contributed by atoms with Gasteiger partial charge >= 0.3 is 0 Å². The predicted molar refractivity (Wildman–Crippen MR) is 104 cm³/mol. The number of anilines is 1. The predicted octanol–water partition coefficient (Wildman–Crippen LogP) is 2.95. The van der Waals surface area contributed by atoms with Crippen LogP contribution in [0.4, 0.5) is 5.69 Å². The van der Waals surface area contributed by atoms with Crippen LogP contribution in [-0.4, -0.2) is 57.3 Å². The molecule has 1 fully saturated rings. The van der Waals surface area contributed by atoms with Crippen molar-refractivity contribution in [2.75, 3.05) is 39.7 Å².